The summed E-state index contributed by atoms with van der Waals surface area (Å²) in [5.41, 5.74) is 4.37. The van der Waals surface area contributed by atoms with E-state index in [2.05, 4.69) is 27.0 Å². The molecule has 9 N–H and O–H groups in total. The summed E-state index contributed by atoms with van der Waals surface area (Å²) in [4.78, 5) is 78.3. The first-order valence-corrected chi connectivity index (χ1v) is 16.2. The number of hydrogen-bond donors (Lipinski definition) is 8. The van der Waals surface area contributed by atoms with Crippen LogP contribution in [-0.2, 0) is 49.5 Å². The van der Waals surface area contributed by atoms with Crippen molar-refractivity contribution in [1.29, 1.82) is 0 Å². The normalized spacial score (nSPS) is 26.1. The molecule has 0 aromatic carbocycles. The number of anilines is 1. The van der Waals surface area contributed by atoms with Gasteiger partial charge in [0, 0.05) is 12.6 Å². The van der Waals surface area contributed by atoms with Gasteiger partial charge < -0.3 is 44.7 Å². The van der Waals surface area contributed by atoms with Gasteiger partial charge in [0.25, 0.3) is 0 Å². The maximum atomic E-state index is 12.0. The Morgan fingerprint density at radius 1 is 0.944 bits per heavy atom. The Balaban J connectivity index is 2.23. The number of ether oxygens (including phenoxy) is 1. The molecule has 1 fully saturated rings. The Bertz CT molecular complexity index is 1250. The Morgan fingerprint density at radius 2 is 1.50 bits per heavy atom. The molecule has 208 valence electrons. The second-order valence-corrected chi connectivity index (χ2v) is 13.7. The van der Waals surface area contributed by atoms with Crippen LogP contribution in [0.5, 0.6) is 0 Å². The summed E-state index contributed by atoms with van der Waals surface area (Å²) in [6.07, 6.45) is -4.41. The van der Waals surface area contributed by atoms with Crippen LogP contribution < -0.4 is 11.4 Å². The number of nitrogen functional groups attached to an aromatic ring is 1. The van der Waals surface area contributed by atoms with Gasteiger partial charge in [0.1, 0.15) is 24.3 Å². The Labute approximate surface area is 198 Å². The second-order valence-electron chi connectivity index (χ2n) is 6.48. The van der Waals surface area contributed by atoms with E-state index in [9.17, 15) is 37.4 Å². The number of nitrogens with zero attached hydrogens (tertiary/aromatic N) is 2. The minimum absolute atomic E-state index is 0.193. The fourth-order valence-electron chi connectivity index (χ4n) is 2.57. The van der Waals surface area contributed by atoms with Gasteiger partial charge in [-0.2, -0.15) is 17.9 Å². The summed E-state index contributed by atoms with van der Waals surface area (Å²) in [6, 6.07) is 1.15. The number of aromatic nitrogens is 2. The van der Waals surface area contributed by atoms with Crippen LogP contribution in [0.3, 0.4) is 0 Å². The third-order valence-corrected chi connectivity index (χ3v) is 9.65. The molecular weight excluding hydrogens is 609 g/mol. The van der Waals surface area contributed by atoms with Crippen LogP contribution in [-0.4, -0.2) is 62.6 Å². The number of hydrogen-bond acceptors (Lipinski definition) is 14. The number of phosphoric acid groups is 5. The molecule has 0 bridgehead atoms. The van der Waals surface area contributed by atoms with Crippen molar-refractivity contribution in [2.75, 3.05) is 12.3 Å². The van der Waals surface area contributed by atoms with Gasteiger partial charge in [0.15, 0.2) is 0 Å². The maximum Gasteiger partial charge on any atom is 0.490 e. The van der Waals surface area contributed by atoms with Crippen molar-refractivity contribution < 1.29 is 83.8 Å². The molecular formula is C9H18N3O19P5. The average Bonchev–Trinajstić information content (AvgIpc) is 2.96. The van der Waals surface area contributed by atoms with Crippen LogP contribution in [0.25, 0.3) is 0 Å². The first kappa shape index (κ1) is 31.5. The van der Waals surface area contributed by atoms with E-state index in [-0.39, 0.29) is 5.82 Å². The minimum Gasteiger partial charge on any atom is -0.383 e. The van der Waals surface area contributed by atoms with Crippen LogP contribution >= 0.6 is 39.1 Å². The van der Waals surface area contributed by atoms with Crippen molar-refractivity contribution in [3.63, 3.8) is 0 Å². The Kier molecular flexibility index (Phi) is 9.81. The average molecular weight is 627 g/mol. The fourth-order valence-corrected chi connectivity index (χ4v) is 7.40. The van der Waals surface area contributed by atoms with E-state index in [4.69, 9.17) is 34.9 Å². The highest BCUT2D eigenvalue weighted by atomic mass is 31.3. The highest BCUT2D eigenvalue weighted by molar-refractivity contribution is 7.66. The molecule has 36 heavy (non-hydrogen) atoms. The summed E-state index contributed by atoms with van der Waals surface area (Å²) in [6.45, 7) is -1.21. The van der Waals surface area contributed by atoms with Crippen molar-refractivity contribution in [3.05, 3.63) is 22.7 Å². The third-order valence-electron chi connectivity index (χ3n) is 3.64. The molecule has 0 spiro atoms. The van der Waals surface area contributed by atoms with Crippen molar-refractivity contribution >= 4 is 44.9 Å². The zero-order valence-corrected chi connectivity index (χ0v) is 21.5. The molecule has 0 saturated carbocycles. The van der Waals surface area contributed by atoms with Gasteiger partial charge in [-0.3, -0.25) is 13.6 Å². The van der Waals surface area contributed by atoms with Gasteiger partial charge in [0.05, 0.1) is 6.61 Å². The molecule has 6 unspecified atom stereocenters. The van der Waals surface area contributed by atoms with E-state index in [0.717, 1.165) is 16.8 Å². The molecule has 2 heterocycles. The van der Waals surface area contributed by atoms with Gasteiger partial charge in [-0.25, -0.2) is 27.6 Å². The van der Waals surface area contributed by atoms with E-state index >= 15 is 0 Å². The monoisotopic (exact) mass is 627 g/mol. The molecule has 0 amide bonds. The van der Waals surface area contributed by atoms with Crippen LogP contribution in [0.4, 0.5) is 5.82 Å². The minimum atomic E-state index is -5.87. The van der Waals surface area contributed by atoms with Crippen LogP contribution in [0, 0.1) is 0 Å². The fraction of sp³-hybridized carbons (Fsp3) is 0.556. The van der Waals surface area contributed by atoms with E-state index in [1.54, 1.807) is 0 Å². The molecule has 1 aromatic heterocycles. The third kappa shape index (κ3) is 10.6. The lowest BCUT2D eigenvalue weighted by molar-refractivity contribution is -0.0442. The lowest BCUT2D eigenvalue weighted by Crippen LogP contribution is -2.29. The second kappa shape index (κ2) is 11.2. The largest absolute Gasteiger partial charge is 0.490 e. The maximum absolute atomic E-state index is 12.0. The summed E-state index contributed by atoms with van der Waals surface area (Å²) in [7, 11) is -28.3. The zero-order chi connectivity index (χ0) is 27.7. The standard InChI is InChI=1S/C9H18N3O19P5/c10-7-1-2-12(9(13)11-7)8-3-5(28-35(22,23)29-32(14,15)16)6(27-8)4-26-34(20,21)31-36(24,25)30-33(17,18)19/h1-2,5-6,8H,3-4H2,(H,20,21)(H,22,23)(H,24,25)(H2,10,11,13)(H2,14,15,16)(H2,17,18,19). The summed E-state index contributed by atoms with van der Waals surface area (Å²) in [5, 5.41) is 0. The summed E-state index contributed by atoms with van der Waals surface area (Å²) < 4.78 is 82.7. The van der Waals surface area contributed by atoms with E-state index < -0.39 is 76.3 Å². The summed E-state index contributed by atoms with van der Waals surface area (Å²) in [5.74, 6) is -0.193. The molecule has 6 atom stereocenters. The zero-order valence-electron chi connectivity index (χ0n) is 17.0. The van der Waals surface area contributed by atoms with E-state index in [0.29, 0.717) is 0 Å². The molecule has 1 aliphatic rings. The number of nitrogens with two attached hydrogens (primary N) is 1. The molecule has 2 rings (SSSR count). The smallest absolute Gasteiger partial charge is 0.383 e. The van der Waals surface area contributed by atoms with Gasteiger partial charge in [-0.05, 0) is 6.07 Å². The number of phosphoric ester groups is 2. The topological polar surface area (TPSA) is 343 Å². The Morgan fingerprint density at radius 3 is 2.03 bits per heavy atom. The van der Waals surface area contributed by atoms with Crippen LogP contribution in [0.2, 0.25) is 0 Å². The van der Waals surface area contributed by atoms with Crippen molar-refractivity contribution in [1.82, 2.24) is 9.55 Å². The molecule has 1 aromatic rings. The first-order valence-electron chi connectivity index (χ1n) is 8.63. The SMILES string of the molecule is Nc1ccn(C2CC(OP(=O)(O)OP(=O)(O)O)C(COP(=O)(O)OP(=O)(O)OP(=O)(O)O)O2)c(=O)n1. The quantitative estimate of drug-likeness (QED) is 0.129. The molecule has 27 heteroatoms. The molecule has 0 radical (unpaired) electrons. The van der Waals surface area contributed by atoms with E-state index in [1.165, 1.54) is 0 Å². The van der Waals surface area contributed by atoms with Crippen molar-refractivity contribution in [2.24, 2.45) is 0 Å². The molecule has 22 nitrogen and oxygen atoms in total. The van der Waals surface area contributed by atoms with Gasteiger partial charge in [-0.1, -0.05) is 0 Å². The molecule has 1 aliphatic heterocycles. The number of rotatable bonds is 12. The van der Waals surface area contributed by atoms with Gasteiger partial charge >= 0.3 is 44.8 Å². The van der Waals surface area contributed by atoms with Crippen molar-refractivity contribution in [2.45, 2.75) is 24.9 Å². The Hall–Kier alpha value is -0.690. The predicted molar refractivity (Wildman–Crippen MR) is 109 cm³/mol. The lowest BCUT2D eigenvalue weighted by atomic mass is 10.2. The molecule has 0 aliphatic carbocycles. The van der Waals surface area contributed by atoms with Crippen molar-refractivity contribution in [3.8, 4) is 0 Å². The van der Waals surface area contributed by atoms with Gasteiger partial charge in [-0.15, -0.1) is 0 Å². The van der Waals surface area contributed by atoms with E-state index in [1.807, 2.05) is 0 Å². The highest BCUT2D eigenvalue weighted by Crippen LogP contribution is 2.66. The molecule has 1 saturated heterocycles. The van der Waals surface area contributed by atoms with Crippen LogP contribution in [0.15, 0.2) is 17.1 Å². The summed E-state index contributed by atoms with van der Waals surface area (Å²) >= 11 is 0. The van der Waals surface area contributed by atoms with Gasteiger partial charge in [0.2, 0.25) is 0 Å². The predicted octanol–water partition coefficient (Wildman–Crippen LogP) is -0.949. The van der Waals surface area contributed by atoms with Crippen LogP contribution in [0.1, 0.15) is 12.6 Å². The highest BCUT2D eigenvalue weighted by Gasteiger charge is 2.46. The first-order chi connectivity index (χ1) is 16.1. The lowest BCUT2D eigenvalue weighted by Gasteiger charge is -2.22.